The smallest absolute Gasteiger partial charge is 0.417 e. The summed E-state index contributed by atoms with van der Waals surface area (Å²) in [6.45, 7) is 3.04. The minimum atomic E-state index is -4.58. The van der Waals surface area contributed by atoms with Crippen molar-refractivity contribution in [3.63, 3.8) is 0 Å². The second kappa shape index (κ2) is 8.39. The van der Waals surface area contributed by atoms with Gasteiger partial charge in [-0.3, -0.25) is 0 Å². The van der Waals surface area contributed by atoms with Crippen LogP contribution in [-0.4, -0.2) is 27.6 Å². The lowest BCUT2D eigenvalue weighted by Crippen LogP contribution is -2.24. The van der Waals surface area contributed by atoms with Crippen LogP contribution in [0.15, 0.2) is 12.3 Å². The van der Waals surface area contributed by atoms with Crippen molar-refractivity contribution in [1.29, 1.82) is 0 Å². The molecule has 0 aromatic carbocycles. The minimum Gasteiger partial charge on any atom is -0.472 e. The van der Waals surface area contributed by atoms with Crippen molar-refractivity contribution in [2.24, 2.45) is 0 Å². The quantitative estimate of drug-likeness (QED) is 0.628. The van der Waals surface area contributed by atoms with E-state index in [2.05, 4.69) is 20.3 Å². The molecule has 0 amide bonds. The predicted molar refractivity (Wildman–Crippen MR) is 89.6 cm³/mol. The maximum atomic E-state index is 12.9. The Bertz CT molecular complexity index is 820. The summed E-state index contributed by atoms with van der Waals surface area (Å²) in [6.07, 6.45) is -7.50. The Balaban J connectivity index is 2.06. The lowest BCUT2D eigenvalue weighted by atomic mass is 10.3. The van der Waals surface area contributed by atoms with Crippen molar-refractivity contribution in [1.82, 2.24) is 15.0 Å². The van der Waals surface area contributed by atoms with Gasteiger partial charge in [-0.25, -0.2) is 23.7 Å². The van der Waals surface area contributed by atoms with Gasteiger partial charge in [-0.05, 0) is 19.9 Å². The van der Waals surface area contributed by atoms with Gasteiger partial charge in [0.2, 0.25) is 5.88 Å². The van der Waals surface area contributed by atoms with Gasteiger partial charge in [-0.2, -0.15) is 13.2 Å². The molecule has 1 atom stereocenters. The van der Waals surface area contributed by atoms with Gasteiger partial charge in [0.25, 0.3) is 6.43 Å². The minimum absolute atomic E-state index is 0.0126. The lowest BCUT2D eigenvalue weighted by Gasteiger charge is -2.17. The Hall–Kier alpha value is -1.94. The summed E-state index contributed by atoms with van der Waals surface area (Å²) in [5, 5.41) is 2.09. The first kappa shape index (κ1) is 21.4. The SMILES string of the molecule is Cc1nc(NCC(C)Oc2ncc(C(F)(F)F)cc2Cl)c(Cl)c(C(F)F)n1. The van der Waals surface area contributed by atoms with Crippen LogP contribution in [0, 0.1) is 6.92 Å². The largest absolute Gasteiger partial charge is 0.472 e. The van der Waals surface area contributed by atoms with E-state index in [1.807, 2.05) is 0 Å². The van der Waals surface area contributed by atoms with Crippen molar-refractivity contribution in [2.75, 3.05) is 11.9 Å². The summed E-state index contributed by atoms with van der Waals surface area (Å²) >= 11 is 11.6. The number of pyridine rings is 1. The predicted octanol–water partition coefficient (Wildman–Crippen LogP) is 5.32. The molecule has 0 aliphatic rings. The summed E-state index contributed by atoms with van der Waals surface area (Å²) < 4.78 is 69.0. The molecule has 2 aromatic heterocycles. The second-order valence-electron chi connectivity index (χ2n) is 5.44. The molecule has 0 aliphatic heterocycles. The zero-order valence-corrected chi connectivity index (χ0v) is 15.4. The maximum Gasteiger partial charge on any atom is 0.417 e. The highest BCUT2D eigenvalue weighted by molar-refractivity contribution is 6.33. The lowest BCUT2D eigenvalue weighted by molar-refractivity contribution is -0.137. The number of hydrogen-bond acceptors (Lipinski definition) is 5. The fraction of sp³-hybridized carbons (Fsp3) is 0.400. The van der Waals surface area contributed by atoms with Crippen LogP contribution in [0.1, 0.15) is 30.4 Å². The molecular formula is C15H13Cl2F5N4O. The third kappa shape index (κ3) is 5.52. The molecule has 0 fully saturated rings. The summed E-state index contributed by atoms with van der Waals surface area (Å²) in [4.78, 5) is 11.1. The van der Waals surface area contributed by atoms with Gasteiger partial charge in [0.1, 0.15) is 33.5 Å². The zero-order valence-electron chi connectivity index (χ0n) is 13.9. The first-order valence-corrected chi connectivity index (χ1v) is 8.20. The van der Waals surface area contributed by atoms with Crippen molar-refractivity contribution in [3.05, 3.63) is 39.4 Å². The van der Waals surface area contributed by atoms with Crippen LogP contribution in [0.4, 0.5) is 27.8 Å². The first-order valence-electron chi connectivity index (χ1n) is 7.44. The van der Waals surface area contributed by atoms with Crippen LogP contribution in [0.3, 0.4) is 0 Å². The van der Waals surface area contributed by atoms with E-state index in [9.17, 15) is 22.0 Å². The average molecular weight is 431 g/mol. The van der Waals surface area contributed by atoms with E-state index in [1.165, 1.54) is 6.92 Å². The molecule has 2 rings (SSSR count). The molecule has 1 N–H and O–H groups in total. The van der Waals surface area contributed by atoms with Crippen LogP contribution < -0.4 is 10.1 Å². The fourth-order valence-corrected chi connectivity index (χ4v) is 2.43. The molecule has 0 aliphatic carbocycles. The topological polar surface area (TPSA) is 59.9 Å². The van der Waals surface area contributed by atoms with Crippen molar-refractivity contribution >= 4 is 29.0 Å². The third-order valence-corrected chi connectivity index (χ3v) is 3.84. The van der Waals surface area contributed by atoms with Crippen LogP contribution >= 0.6 is 23.2 Å². The molecule has 12 heteroatoms. The normalized spacial score (nSPS) is 13.0. The van der Waals surface area contributed by atoms with E-state index in [0.29, 0.717) is 12.3 Å². The Morgan fingerprint density at radius 2 is 1.89 bits per heavy atom. The van der Waals surface area contributed by atoms with E-state index in [1.54, 1.807) is 6.92 Å². The molecule has 0 spiro atoms. The highest BCUT2D eigenvalue weighted by Crippen LogP contribution is 2.33. The van der Waals surface area contributed by atoms with Crippen LogP contribution in [0.25, 0.3) is 0 Å². The number of rotatable bonds is 6. The number of hydrogen-bond donors (Lipinski definition) is 1. The van der Waals surface area contributed by atoms with Crippen LogP contribution in [0.2, 0.25) is 10.0 Å². The summed E-state index contributed by atoms with van der Waals surface area (Å²) in [7, 11) is 0. The molecule has 0 saturated heterocycles. The van der Waals surface area contributed by atoms with Gasteiger partial charge in [-0.15, -0.1) is 0 Å². The Morgan fingerprint density at radius 3 is 2.44 bits per heavy atom. The average Bonchev–Trinajstić information content (AvgIpc) is 2.56. The summed E-state index contributed by atoms with van der Waals surface area (Å²) in [5.41, 5.74) is -1.61. The highest BCUT2D eigenvalue weighted by Gasteiger charge is 2.32. The van der Waals surface area contributed by atoms with E-state index in [-0.39, 0.29) is 34.1 Å². The first-order chi connectivity index (χ1) is 12.5. The van der Waals surface area contributed by atoms with Gasteiger partial charge in [0, 0.05) is 6.20 Å². The van der Waals surface area contributed by atoms with Gasteiger partial charge in [0.15, 0.2) is 0 Å². The molecule has 27 heavy (non-hydrogen) atoms. The van der Waals surface area contributed by atoms with Crippen LogP contribution in [-0.2, 0) is 6.18 Å². The maximum absolute atomic E-state index is 12.9. The Kier molecular flexibility index (Phi) is 6.63. The number of halogens is 7. The molecule has 0 radical (unpaired) electrons. The summed E-state index contributed by atoms with van der Waals surface area (Å²) in [6, 6.07) is 0.698. The van der Waals surface area contributed by atoms with Crippen LogP contribution in [0.5, 0.6) is 5.88 Å². The molecule has 2 heterocycles. The Morgan fingerprint density at radius 1 is 1.22 bits per heavy atom. The van der Waals surface area contributed by atoms with Gasteiger partial charge in [0.05, 0.1) is 12.1 Å². The second-order valence-corrected chi connectivity index (χ2v) is 6.22. The number of ether oxygens (including phenoxy) is 1. The molecule has 148 valence electrons. The number of anilines is 1. The Labute approximate surface area is 160 Å². The van der Waals surface area contributed by atoms with Gasteiger partial charge < -0.3 is 10.1 Å². The molecule has 0 saturated carbocycles. The monoisotopic (exact) mass is 430 g/mol. The molecule has 1 unspecified atom stereocenters. The third-order valence-electron chi connectivity index (χ3n) is 3.20. The highest BCUT2D eigenvalue weighted by atomic mass is 35.5. The zero-order chi connectivity index (χ0) is 20.4. The number of nitrogens with one attached hydrogen (secondary N) is 1. The number of nitrogens with zero attached hydrogens (tertiary/aromatic N) is 3. The van der Waals surface area contributed by atoms with Crippen molar-refractivity contribution in [3.8, 4) is 5.88 Å². The molecule has 5 nitrogen and oxygen atoms in total. The van der Waals surface area contributed by atoms with Gasteiger partial charge in [-0.1, -0.05) is 23.2 Å². The van der Waals surface area contributed by atoms with E-state index in [4.69, 9.17) is 27.9 Å². The number of aryl methyl sites for hydroxylation is 1. The number of aromatic nitrogens is 3. The molecular weight excluding hydrogens is 418 g/mol. The van der Waals surface area contributed by atoms with Crippen molar-refractivity contribution in [2.45, 2.75) is 32.6 Å². The van der Waals surface area contributed by atoms with E-state index < -0.39 is 30.0 Å². The standard InChI is InChI=1S/C15H13Cl2F5N4O/c1-6(27-14-9(16)3-8(5-24-14)15(20,21)22)4-23-13-10(17)11(12(18)19)25-7(2)26-13/h3,5-6,12H,4H2,1-2H3,(H,23,25,26). The molecule has 2 aromatic rings. The summed E-state index contributed by atoms with van der Waals surface area (Å²) in [5.74, 6) is -0.114. The fourth-order valence-electron chi connectivity index (χ4n) is 1.98. The van der Waals surface area contributed by atoms with Crippen molar-refractivity contribution < 1.29 is 26.7 Å². The van der Waals surface area contributed by atoms with E-state index in [0.717, 1.165) is 0 Å². The molecule has 0 bridgehead atoms. The number of alkyl halides is 5. The van der Waals surface area contributed by atoms with Gasteiger partial charge >= 0.3 is 6.18 Å². The van der Waals surface area contributed by atoms with E-state index >= 15 is 0 Å².